The van der Waals surface area contributed by atoms with Gasteiger partial charge in [-0.15, -0.1) is 0 Å². The van der Waals surface area contributed by atoms with Crippen LogP contribution in [0.4, 0.5) is 0 Å². The van der Waals surface area contributed by atoms with Gasteiger partial charge in [0.2, 0.25) is 0 Å². The van der Waals surface area contributed by atoms with Crippen molar-refractivity contribution in [2.45, 2.75) is 40.5 Å². The highest BCUT2D eigenvalue weighted by molar-refractivity contribution is 5.44. The molecule has 0 fully saturated rings. The Morgan fingerprint density at radius 1 is 1.55 bits per heavy atom. The molecule has 1 nitrogen and oxygen atoms in total. The number of carbonyl (C=O) groups is 1. The third kappa shape index (κ3) is 3.35. The molecule has 0 aromatic carbocycles. The Hall–Kier alpha value is -0.590. The molecule has 0 amide bonds. The fourth-order valence-corrected chi connectivity index (χ4v) is 1.12. The zero-order chi connectivity index (χ0) is 8.91. The van der Waals surface area contributed by atoms with Gasteiger partial charge >= 0.3 is 0 Å². The molecule has 1 aliphatic rings. The summed E-state index contributed by atoms with van der Waals surface area (Å²) in [5.41, 5.74) is 2.08. The van der Waals surface area contributed by atoms with E-state index in [4.69, 9.17) is 4.79 Å². The number of rotatable bonds is 0. The number of allylic oxidation sites excluding steroid dienone is 2. The lowest BCUT2D eigenvalue weighted by molar-refractivity contribution is -0.106. The first-order chi connectivity index (χ1) is 5.04. The van der Waals surface area contributed by atoms with Crippen molar-refractivity contribution < 1.29 is 4.79 Å². The van der Waals surface area contributed by atoms with Gasteiger partial charge in [0.1, 0.15) is 6.29 Å². The van der Waals surface area contributed by atoms with E-state index in [1.165, 1.54) is 19.8 Å². The predicted molar refractivity (Wildman–Crippen MR) is 48.5 cm³/mol. The Labute approximate surface area is 69.5 Å². The van der Waals surface area contributed by atoms with Crippen LogP contribution < -0.4 is 0 Å². The molecule has 0 N–H and O–H groups in total. The van der Waals surface area contributed by atoms with E-state index in [0.29, 0.717) is 5.41 Å². The molecular formula is C10H18O. The van der Waals surface area contributed by atoms with Gasteiger partial charge in [-0.05, 0) is 32.1 Å². The summed E-state index contributed by atoms with van der Waals surface area (Å²) in [4.78, 5) is 8.81. The molecule has 11 heavy (non-hydrogen) atoms. The average Bonchev–Trinajstić information content (AvgIpc) is 2.14. The van der Waals surface area contributed by atoms with Gasteiger partial charge in [-0.2, -0.15) is 0 Å². The highest BCUT2D eigenvalue weighted by atomic mass is 16.1. The first kappa shape index (κ1) is 10.4. The first-order valence-corrected chi connectivity index (χ1v) is 4.11. The molecule has 0 spiro atoms. The van der Waals surface area contributed by atoms with Crippen LogP contribution in [-0.4, -0.2) is 6.29 Å². The molecule has 0 heterocycles. The predicted octanol–water partition coefficient (Wildman–Crippen LogP) is 2.96. The van der Waals surface area contributed by atoms with E-state index in [1.54, 1.807) is 5.57 Å². The molecule has 0 bridgehead atoms. The van der Waals surface area contributed by atoms with E-state index in [0.717, 1.165) is 6.29 Å². The summed E-state index contributed by atoms with van der Waals surface area (Å²) in [6.45, 7) is 8.30. The minimum atomic E-state index is 0.514. The first-order valence-electron chi connectivity index (χ1n) is 4.11. The van der Waals surface area contributed by atoms with Gasteiger partial charge in [0.15, 0.2) is 0 Å². The smallest absolute Gasteiger partial charge is 0.116 e. The van der Waals surface area contributed by atoms with Crippen molar-refractivity contribution in [1.29, 1.82) is 0 Å². The Balaban J connectivity index is 0.000000292. The van der Waals surface area contributed by atoms with Crippen molar-refractivity contribution in [3.05, 3.63) is 11.6 Å². The molecule has 1 rings (SSSR count). The maximum absolute atomic E-state index is 8.81. The second kappa shape index (κ2) is 4.32. The van der Waals surface area contributed by atoms with Crippen LogP contribution in [0, 0.1) is 5.41 Å². The van der Waals surface area contributed by atoms with Crippen LogP contribution in [0.3, 0.4) is 0 Å². The topological polar surface area (TPSA) is 17.1 Å². The lowest BCUT2D eigenvalue weighted by atomic mass is 9.87. The van der Waals surface area contributed by atoms with Crippen molar-refractivity contribution >= 4 is 6.29 Å². The quantitative estimate of drug-likeness (QED) is 0.387. The van der Waals surface area contributed by atoms with E-state index in [9.17, 15) is 0 Å². The van der Waals surface area contributed by atoms with E-state index < -0.39 is 0 Å². The van der Waals surface area contributed by atoms with E-state index in [-0.39, 0.29) is 0 Å². The largest absolute Gasteiger partial charge is 0.304 e. The lowest BCUT2D eigenvalue weighted by Crippen LogP contribution is -2.06. The molecule has 0 saturated heterocycles. The Morgan fingerprint density at radius 2 is 2.00 bits per heavy atom. The second-order valence-corrected chi connectivity index (χ2v) is 3.55. The van der Waals surface area contributed by atoms with Crippen LogP contribution in [0.25, 0.3) is 0 Å². The molecular weight excluding hydrogens is 136 g/mol. The average molecular weight is 154 g/mol. The number of carbonyl (C=O) groups excluding carboxylic acids is 1. The standard InChI is InChI=1S/C8H14.C2H4O/c1-7-5-4-6-8(7,2)3;1-2-3/h5H,4,6H2,1-3H3;2H,1H3. The van der Waals surface area contributed by atoms with Gasteiger partial charge in [0, 0.05) is 0 Å². The molecule has 0 atom stereocenters. The van der Waals surface area contributed by atoms with Crippen molar-refractivity contribution in [3.8, 4) is 0 Å². The molecule has 0 aromatic rings. The van der Waals surface area contributed by atoms with E-state index in [2.05, 4.69) is 26.8 Å². The van der Waals surface area contributed by atoms with Crippen LogP contribution in [0.1, 0.15) is 40.5 Å². The van der Waals surface area contributed by atoms with Crippen LogP contribution in [0.5, 0.6) is 0 Å². The van der Waals surface area contributed by atoms with E-state index >= 15 is 0 Å². The summed E-state index contributed by atoms with van der Waals surface area (Å²) >= 11 is 0. The monoisotopic (exact) mass is 154 g/mol. The number of hydrogen-bond donors (Lipinski definition) is 0. The highest BCUT2D eigenvalue weighted by Gasteiger charge is 2.22. The SMILES string of the molecule is CC1=CCCC1(C)C.CC=O. The van der Waals surface area contributed by atoms with Crippen molar-refractivity contribution in [2.24, 2.45) is 5.41 Å². The lowest BCUT2D eigenvalue weighted by Gasteiger charge is -2.18. The summed E-state index contributed by atoms with van der Waals surface area (Å²) in [5, 5.41) is 0. The van der Waals surface area contributed by atoms with Crippen molar-refractivity contribution in [2.75, 3.05) is 0 Å². The minimum absolute atomic E-state index is 0.514. The molecule has 0 saturated carbocycles. The third-order valence-electron chi connectivity index (χ3n) is 2.29. The van der Waals surface area contributed by atoms with E-state index in [1.807, 2.05) is 0 Å². The number of hydrogen-bond acceptors (Lipinski definition) is 1. The van der Waals surface area contributed by atoms with Crippen LogP contribution in [0.15, 0.2) is 11.6 Å². The molecule has 0 unspecified atom stereocenters. The van der Waals surface area contributed by atoms with Gasteiger partial charge in [-0.25, -0.2) is 0 Å². The summed E-state index contributed by atoms with van der Waals surface area (Å²) in [6.07, 6.45) is 5.73. The Morgan fingerprint density at radius 3 is 2.09 bits per heavy atom. The maximum atomic E-state index is 8.81. The molecule has 64 valence electrons. The van der Waals surface area contributed by atoms with Gasteiger partial charge < -0.3 is 4.79 Å². The highest BCUT2D eigenvalue weighted by Crippen LogP contribution is 2.36. The maximum Gasteiger partial charge on any atom is 0.116 e. The van der Waals surface area contributed by atoms with Crippen LogP contribution >= 0.6 is 0 Å². The second-order valence-electron chi connectivity index (χ2n) is 3.55. The molecule has 0 aromatic heterocycles. The summed E-state index contributed by atoms with van der Waals surface area (Å²) in [6, 6.07) is 0. The third-order valence-corrected chi connectivity index (χ3v) is 2.29. The zero-order valence-electron chi connectivity index (χ0n) is 7.98. The van der Waals surface area contributed by atoms with Gasteiger partial charge in [0.05, 0.1) is 0 Å². The van der Waals surface area contributed by atoms with Crippen LogP contribution in [-0.2, 0) is 4.79 Å². The zero-order valence-corrected chi connectivity index (χ0v) is 7.98. The van der Waals surface area contributed by atoms with Crippen LogP contribution in [0.2, 0.25) is 0 Å². The van der Waals surface area contributed by atoms with Crippen molar-refractivity contribution in [1.82, 2.24) is 0 Å². The summed E-state index contributed by atoms with van der Waals surface area (Å²) < 4.78 is 0. The molecule has 1 aliphatic carbocycles. The van der Waals surface area contributed by atoms with Crippen molar-refractivity contribution in [3.63, 3.8) is 0 Å². The summed E-state index contributed by atoms with van der Waals surface area (Å²) in [7, 11) is 0. The minimum Gasteiger partial charge on any atom is -0.304 e. The normalized spacial score (nSPS) is 19.8. The fraction of sp³-hybridized carbons (Fsp3) is 0.700. The molecule has 0 radical (unpaired) electrons. The summed E-state index contributed by atoms with van der Waals surface area (Å²) in [5.74, 6) is 0. The Bertz CT molecular complexity index is 154. The van der Waals surface area contributed by atoms with Gasteiger partial charge in [0.25, 0.3) is 0 Å². The molecule has 0 aliphatic heterocycles. The fourth-order valence-electron chi connectivity index (χ4n) is 1.12. The van der Waals surface area contributed by atoms with Gasteiger partial charge in [-0.3, -0.25) is 0 Å². The number of aldehydes is 1. The Kier molecular flexibility index (Phi) is 4.09. The molecule has 1 heteroatoms. The van der Waals surface area contributed by atoms with Gasteiger partial charge in [-0.1, -0.05) is 25.5 Å².